The number of aromatic nitrogens is 5. The molecule has 26 heavy (non-hydrogen) atoms. The maximum atomic E-state index is 11.5. The molecule has 1 aliphatic heterocycles. The molecule has 3 N–H and O–H groups in total. The summed E-state index contributed by atoms with van der Waals surface area (Å²) in [7, 11) is 0. The van der Waals surface area contributed by atoms with Crippen molar-refractivity contribution in [2.24, 2.45) is 11.7 Å². The molecule has 4 heterocycles. The molecule has 0 saturated carbocycles. The number of hydrogen-bond acceptors (Lipinski definition) is 6. The van der Waals surface area contributed by atoms with Crippen LogP contribution in [0.5, 0.6) is 0 Å². The van der Waals surface area contributed by atoms with Gasteiger partial charge in [0, 0.05) is 18.5 Å². The van der Waals surface area contributed by atoms with Crippen LogP contribution < -0.4 is 11.1 Å². The average Bonchev–Trinajstić information content (AvgIpc) is 3.23. The molecule has 1 amide bonds. The van der Waals surface area contributed by atoms with E-state index in [1.807, 2.05) is 15.4 Å². The molecule has 3 aromatic rings. The van der Waals surface area contributed by atoms with Gasteiger partial charge in [-0.25, -0.2) is 9.50 Å². The normalized spacial score (nSPS) is 17.4. The Morgan fingerprint density at radius 1 is 1.46 bits per heavy atom. The van der Waals surface area contributed by atoms with Crippen LogP contribution in [-0.4, -0.2) is 36.8 Å². The number of amides is 1. The molecule has 3 aromatic heterocycles. The van der Waals surface area contributed by atoms with Crippen LogP contribution in [0.2, 0.25) is 0 Å². The minimum Gasteiger partial charge on any atom is -0.365 e. The minimum absolute atomic E-state index is 0.0180. The Labute approximate surface area is 155 Å². The molecular formula is C17H23N7OS. The summed E-state index contributed by atoms with van der Waals surface area (Å²) < 4.78 is 3.73. The fraction of sp³-hybridized carbons (Fsp3) is 0.529. The molecule has 4 rings (SSSR count). The summed E-state index contributed by atoms with van der Waals surface area (Å²) in [5, 5.41) is 13.1. The lowest BCUT2D eigenvalue weighted by Crippen LogP contribution is -2.27. The summed E-state index contributed by atoms with van der Waals surface area (Å²) >= 11 is 1.56. The second kappa shape index (κ2) is 6.08. The Morgan fingerprint density at radius 3 is 2.96 bits per heavy atom. The van der Waals surface area contributed by atoms with Crippen molar-refractivity contribution in [1.29, 1.82) is 0 Å². The predicted molar refractivity (Wildman–Crippen MR) is 101 cm³/mol. The lowest BCUT2D eigenvalue weighted by Gasteiger charge is -2.23. The lowest BCUT2D eigenvalue weighted by atomic mass is 9.93. The highest BCUT2D eigenvalue weighted by Gasteiger charge is 2.25. The first-order chi connectivity index (χ1) is 12.3. The topological polar surface area (TPSA) is 103 Å². The van der Waals surface area contributed by atoms with Crippen LogP contribution in [-0.2, 0) is 18.4 Å². The van der Waals surface area contributed by atoms with Gasteiger partial charge in [0.1, 0.15) is 0 Å². The van der Waals surface area contributed by atoms with Crippen LogP contribution in [0.1, 0.15) is 48.9 Å². The van der Waals surface area contributed by atoms with Gasteiger partial charge in [-0.15, -0.1) is 5.10 Å². The molecule has 0 aromatic carbocycles. The molecule has 9 heteroatoms. The number of rotatable bonds is 4. The number of nitrogens with one attached hydrogen (secondary N) is 1. The highest BCUT2D eigenvalue weighted by Crippen LogP contribution is 2.27. The summed E-state index contributed by atoms with van der Waals surface area (Å²) in [6.07, 6.45) is 5.38. The summed E-state index contributed by atoms with van der Waals surface area (Å²) in [6.45, 7) is 8.05. The molecule has 0 radical (unpaired) electrons. The Balaban J connectivity index is 1.43. The van der Waals surface area contributed by atoms with Gasteiger partial charge in [-0.3, -0.25) is 9.48 Å². The van der Waals surface area contributed by atoms with Gasteiger partial charge in [-0.2, -0.15) is 5.10 Å². The maximum absolute atomic E-state index is 11.5. The molecule has 0 spiro atoms. The molecule has 0 saturated heterocycles. The van der Waals surface area contributed by atoms with E-state index in [-0.39, 0.29) is 5.41 Å². The fourth-order valence-corrected chi connectivity index (χ4v) is 4.03. The van der Waals surface area contributed by atoms with Crippen LogP contribution >= 0.6 is 11.3 Å². The Kier molecular flexibility index (Phi) is 3.98. The highest BCUT2D eigenvalue weighted by molar-refractivity contribution is 7.20. The molecule has 138 valence electrons. The number of anilines is 1. The van der Waals surface area contributed by atoms with Gasteiger partial charge in [-0.05, 0) is 18.8 Å². The first-order valence-electron chi connectivity index (χ1n) is 8.76. The van der Waals surface area contributed by atoms with Crippen molar-refractivity contribution in [2.45, 2.75) is 45.6 Å². The second-order valence-electron chi connectivity index (χ2n) is 7.84. The van der Waals surface area contributed by atoms with Gasteiger partial charge in [0.25, 0.3) is 5.91 Å². The third-order valence-electron chi connectivity index (χ3n) is 4.80. The van der Waals surface area contributed by atoms with E-state index in [0.29, 0.717) is 11.5 Å². The summed E-state index contributed by atoms with van der Waals surface area (Å²) in [5.74, 6) is 0.00863. The monoisotopic (exact) mass is 373 g/mol. The van der Waals surface area contributed by atoms with Gasteiger partial charge in [0.05, 0.1) is 29.3 Å². The Hall–Kier alpha value is -2.42. The summed E-state index contributed by atoms with van der Waals surface area (Å²) in [5.41, 5.74) is 7.99. The quantitative estimate of drug-likeness (QED) is 0.729. The first kappa shape index (κ1) is 17.0. The molecule has 0 fully saturated rings. The Bertz CT molecular complexity index is 930. The molecule has 1 aliphatic rings. The zero-order valence-corrected chi connectivity index (χ0v) is 16.0. The SMILES string of the molecule is CC(C)(C)c1cn2nc(NCC3CCn4ncc(C(N)=O)c4C3)sc2n1. The largest absolute Gasteiger partial charge is 0.365 e. The summed E-state index contributed by atoms with van der Waals surface area (Å²) in [6, 6.07) is 0. The van der Waals surface area contributed by atoms with Crippen molar-refractivity contribution in [2.75, 3.05) is 11.9 Å². The van der Waals surface area contributed by atoms with Crippen molar-refractivity contribution < 1.29 is 4.79 Å². The highest BCUT2D eigenvalue weighted by atomic mass is 32.1. The van der Waals surface area contributed by atoms with E-state index >= 15 is 0 Å². The minimum atomic E-state index is -0.407. The number of nitrogens with two attached hydrogens (primary N) is 1. The van der Waals surface area contributed by atoms with Crippen molar-refractivity contribution in [3.63, 3.8) is 0 Å². The molecule has 1 atom stereocenters. The van der Waals surface area contributed by atoms with E-state index in [2.05, 4.69) is 41.3 Å². The molecule has 0 bridgehead atoms. The van der Waals surface area contributed by atoms with Crippen molar-refractivity contribution in [1.82, 2.24) is 24.4 Å². The van der Waals surface area contributed by atoms with Crippen molar-refractivity contribution in [3.8, 4) is 0 Å². The Morgan fingerprint density at radius 2 is 2.27 bits per heavy atom. The smallest absolute Gasteiger partial charge is 0.252 e. The van der Waals surface area contributed by atoms with Gasteiger partial charge in [-0.1, -0.05) is 32.1 Å². The van der Waals surface area contributed by atoms with Crippen LogP contribution in [0.3, 0.4) is 0 Å². The number of hydrogen-bond donors (Lipinski definition) is 2. The molecular weight excluding hydrogens is 350 g/mol. The third kappa shape index (κ3) is 3.07. The van der Waals surface area contributed by atoms with E-state index in [1.54, 1.807) is 17.5 Å². The second-order valence-corrected chi connectivity index (χ2v) is 8.80. The number of carbonyl (C=O) groups is 1. The zero-order chi connectivity index (χ0) is 18.5. The number of imidazole rings is 1. The van der Waals surface area contributed by atoms with E-state index in [1.165, 1.54) is 0 Å². The zero-order valence-electron chi connectivity index (χ0n) is 15.2. The van der Waals surface area contributed by atoms with Crippen LogP contribution in [0.25, 0.3) is 4.96 Å². The fourth-order valence-electron chi connectivity index (χ4n) is 3.24. The number of primary amides is 1. The van der Waals surface area contributed by atoms with Crippen LogP contribution in [0.15, 0.2) is 12.4 Å². The number of fused-ring (bicyclic) bond motifs is 2. The molecule has 0 aliphatic carbocycles. The van der Waals surface area contributed by atoms with Crippen LogP contribution in [0, 0.1) is 5.92 Å². The standard InChI is InChI=1S/C17H23N7OS/c1-17(2,3)13-9-24-16(21-13)26-15(22-24)19-7-10-4-5-23-12(6-10)11(8-20-23)14(18)25/h8-10H,4-7H2,1-3H3,(H2,18,25)(H,19,22). The van der Waals surface area contributed by atoms with Crippen molar-refractivity contribution in [3.05, 3.63) is 29.3 Å². The first-order valence-corrected chi connectivity index (χ1v) is 9.58. The van der Waals surface area contributed by atoms with Crippen molar-refractivity contribution >= 4 is 27.3 Å². The number of nitrogens with zero attached hydrogens (tertiary/aromatic N) is 5. The van der Waals surface area contributed by atoms with Gasteiger partial charge in [0.2, 0.25) is 10.1 Å². The van der Waals surface area contributed by atoms with Gasteiger partial charge >= 0.3 is 0 Å². The van der Waals surface area contributed by atoms with Crippen LogP contribution in [0.4, 0.5) is 5.13 Å². The number of carbonyl (C=O) groups excluding carboxylic acids is 1. The molecule has 8 nitrogen and oxygen atoms in total. The average molecular weight is 373 g/mol. The maximum Gasteiger partial charge on any atom is 0.252 e. The van der Waals surface area contributed by atoms with E-state index < -0.39 is 5.91 Å². The predicted octanol–water partition coefficient (Wildman–Crippen LogP) is 2.06. The third-order valence-corrected chi connectivity index (χ3v) is 5.68. The lowest BCUT2D eigenvalue weighted by molar-refractivity contribution is 0.0998. The van der Waals surface area contributed by atoms with E-state index in [0.717, 1.165) is 47.4 Å². The number of aryl methyl sites for hydroxylation is 1. The van der Waals surface area contributed by atoms with Gasteiger partial charge < -0.3 is 11.1 Å². The van der Waals surface area contributed by atoms with E-state index in [4.69, 9.17) is 5.73 Å². The molecule has 1 unspecified atom stereocenters. The summed E-state index contributed by atoms with van der Waals surface area (Å²) in [4.78, 5) is 17.1. The van der Waals surface area contributed by atoms with Gasteiger partial charge in [0.15, 0.2) is 0 Å². The van der Waals surface area contributed by atoms with E-state index in [9.17, 15) is 4.79 Å².